The third-order valence-corrected chi connectivity index (χ3v) is 4.84. The number of hydrogen-bond acceptors (Lipinski definition) is 7. The lowest BCUT2D eigenvalue weighted by atomic mass is 9.78. The zero-order valence-electron chi connectivity index (χ0n) is 15.6. The highest BCUT2D eigenvalue weighted by atomic mass is 15.3. The highest BCUT2D eigenvalue weighted by molar-refractivity contribution is 5.47. The molecule has 8 heteroatoms. The first-order valence-electron chi connectivity index (χ1n) is 9.09. The Hall–Kier alpha value is -3.00. The van der Waals surface area contributed by atoms with Crippen molar-refractivity contribution in [2.45, 2.75) is 31.3 Å². The van der Waals surface area contributed by atoms with E-state index in [1.807, 2.05) is 43.3 Å². The largest absolute Gasteiger partial charge is 0.366 e. The van der Waals surface area contributed by atoms with Crippen molar-refractivity contribution >= 4 is 11.8 Å². The molecule has 0 radical (unpaired) electrons. The number of anilines is 2. The molecule has 0 amide bonds. The molecule has 1 aliphatic carbocycles. The van der Waals surface area contributed by atoms with Crippen LogP contribution in [0.15, 0.2) is 43.0 Å². The molecule has 1 saturated carbocycles. The van der Waals surface area contributed by atoms with Crippen LogP contribution >= 0.6 is 0 Å². The first-order valence-corrected chi connectivity index (χ1v) is 9.09. The lowest BCUT2D eigenvalue weighted by Gasteiger charge is -2.32. The number of hydrogen-bond donors (Lipinski definition) is 2. The summed E-state index contributed by atoms with van der Waals surface area (Å²) in [6, 6.07) is 10.4. The Morgan fingerprint density at radius 1 is 1.22 bits per heavy atom. The Labute approximate surface area is 158 Å². The second-order valence-corrected chi connectivity index (χ2v) is 7.12. The summed E-state index contributed by atoms with van der Waals surface area (Å²) < 4.78 is 1.77. The maximum Gasteiger partial charge on any atom is 0.227 e. The minimum Gasteiger partial charge on any atom is -0.366 e. The average molecular weight is 364 g/mol. The third kappa shape index (κ3) is 3.75. The van der Waals surface area contributed by atoms with E-state index in [2.05, 4.69) is 26.4 Å². The summed E-state index contributed by atoms with van der Waals surface area (Å²) in [7, 11) is 3.91. The van der Waals surface area contributed by atoms with Crippen molar-refractivity contribution in [3.63, 3.8) is 0 Å². The van der Waals surface area contributed by atoms with E-state index < -0.39 is 0 Å². The zero-order chi connectivity index (χ0) is 18.8. The third-order valence-electron chi connectivity index (χ3n) is 4.84. The van der Waals surface area contributed by atoms with Crippen LogP contribution in [0.25, 0.3) is 5.69 Å². The molecule has 0 saturated heterocycles. The summed E-state index contributed by atoms with van der Waals surface area (Å²) in [5.74, 6) is 1.95. The predicted octanol–water partition coefficient (Wildman–Crippen LogP) is 1.94. The smallest absolute Gasteiger partial charge is 0.227 e. The molecule has 140 valence electrons. The van der Waals surface area contributed by atoms with Crippen LogP contribution in [-0.4, -0.2) is 44.9 Å². The topological polar surface area (TPSA) is 97.8 Å². The van der Waals surface area contributed by atoms with Gasteiger partial charge >= 0.3 is 0 Å². The first kappa shape index (κ1) is 17.4. The van der Waals surface area contributed by atoms with Crippen molar-refractivity contribution in [2.24, 2.45) is 5.73 Å². The van der Waals surface area contributed by atoms with Crippen LogP contribution in [0.5, 0.6) is 0 Å². The molecular weight excluding hydrogens is 340 g/mol. The van der Waals surface area contributed by atoms with Crippen molar-refractivity contribution in [2.75, 3.05) is 24.3 Å². The number of nitrogens with one attached hydrogen (secondary N) is 1. The van der Waals surface area contributed by atoms with Gasteiger partial charge in [-0.25, -0.2) is 14.6 Å². The fourth-order valence-corrected chi connectivity index (χ4v) is 3.26. The van der Waals surface area contributed by atoms with Gasteiger partial charge in [0.05, 0.1) is 11.4 Å². The van der Waals surface area contributed by atoms with Gasteiger partial charge in [0.1, 0.15) is 18.5 Å². The minimum absolute atomic E-state index is 0.290. The molecule has 0 atom stereocenters. The molecule has 8 nitrogen and oxygen atoms in total. The van der Waals surface area contributed by atoms with Crippen LogP contribution in [0.3, 0.4) is 0 Å². The van der Waals surface area contributed by atoms with Crippen LogP contribution in [-0.2, 0) is 6.54 Å². The molecule has 27 heavy (non-hydrogen) atoms. The fraction of sp³-hybridized carbons (Fsp3) is 0.368. The predicted molar refractivity (Wildman–Crippen MR) is 105 cm³/mol. The highest BCUT2D eigenvalue weighted by Crippen LogP contribution is 2.35. The van der Waals surface area contributed by atoms with E-state index in [1.165, 1.54) is 6.33 Å². The molecule has 0 bridgehead atoms. The number of para-hydroxylation sites is 1. The van der Waals surface area contributed by atoms with E-state index in [0.717, 1.165) is 35.6 Å². The molecule has 2 aromatic heterocycles. The maximum atomic E-state index is 5.96. The van der Waals surface area contributed by atoms with Crippen LogP contribution in [0.1, 0.15) is 30.0 Å². The standard InChI is InChI=1S/C19H24N8/c1-26(2)19-24-16(14-7-15(20)8-14)9-18(25-19)22-10-13-5-3-4-6-17(13)27-12-21-11-23-27/h3-6,9,11-12,14-15H,7-8,10,20H2,1-2H3,(H,22,24,25). The van der Waals surface area contributed by atoms with E-state index >= 15 is 0 Å². The Kier molecular flexibility index (Phi) is 4.72. The van der Waals surface area contributed by atoms with E-state index in [-0.39, 0.29) is 0 Å². The van der Waals surface area contributed by atoms with Gasteiger partial charge in [0.25, 0.3) is 0 Å². The summed E-state index contributed by atoms with van der Waals surface area (Å²) in [6.07, 6.45) is 5.20. The number of benzene rings is 1. The lowest BCUT2D eigenvalue weighted by Crippen LogP contribution is -2.35. The summed E-state index contributed by atoms with van der Waals surface area (Å²) >= 11 is 0. The fourth-order valence-electron chi connectivity index (χ4n) is 3.26. The highest BCUT2D eigenvalue weighted by Gasteiger charge is 2.29. The zero-order valence-corrected chi connectivity index (χ0v) is 15.6. The quantitative estimate of drug-likeness (QED) is 0.690. The molecule has 0 spiro atoms. The Balaban J connectivity index is 1.56. The molecule has 3 aromatic rings. The van der Waals surface area contributed by atoms with Crippen molar-refractivity contribution in [3.05, 3.63) is 54.2 Å². The Bertz CT molecular complexity index is 900. The van der Waals surface area contributed by atoms with Crippen molar-refractivity contribution < 1.29 is 0 Å². The van der Waals surface area contributed by atoms with E-state index in [1.54, 1.807) is 11.0 Å². The summed E-state index contributed by atoms with van der Waals surface area (Å²) in [4.78, 5) is 15.3. The number of nitrogens with zero attached hydrogens (tertiary/aromatic N) is 6. The van der Waals surface area contributed by atoms with Crippen molar-refractivity contribution in [3.8, 4) is 5.69 Å². The molecule has 0 aliphatic heterocycles. The number of rotatable bonds is 6. The van der Waals surface area contributed by atoms with Gasteiger partial charge in [-0.2, -0.15) is 10.1 Å². The Morgan fingerprint density at radius 3 is 2.74 bits per heavy atom. The van der Waals surface area contributed by atoms with Crippen LogP contribution in [0, 0.1) is 0 Å². The van der Waals surface area contributed by atoms with Gasteiger partial charge in [-0.1, -0.05) is 18.2 Å². The van der Waals surface area contributed by atoms with Crippen LogP contribution < -0.4 is 16.0 Å². The van der Waals surface area contributed by atoms with Gasteiger partial charge in [0.2, 0.25) is 5.95 Å². The summed E-state index contributed by atoms with van der Waals surface area (Å²) in [5, 5.41) is 7.68. The summed E-state index contributed by atoms with van der Waals surface area (Å²) in [5.41, 5.74) is 9.12. The van der Waals surface area contributed by atoms with E-state index in [4.69, 9.17) is 10.7 Å². The SMILES string of the molecule is CN(C)c1nc(NCc2ccccc2-n2cncn2)cc(C2CC(N)C2)n1. The molecule has 4 rings (SSSR count). The van der Waals surface area contributed by atoms with Crippen LogP contribution in [0.4, 0.5) is 11.8 Å². The van der Waals surface area contributed by atoms with Gasteiger partial charge < -0.3 is 16.0 Å². The van der Waals surface area contributed by atoms with Gasteiger partial charge in [0.15, 0.2) is 0 Å². The molecule has 0 unspecified atom stereocenters. The number of aromatic nitrogens is 5. The van der Waals surface area contributed by atoms with Crippen LogP contribution in [0.2, 0.25) is 0 Å². The van der Waals surface area contributed by atoms with E-state index in [0.29, 0.717) is 24.5 Å². The van der Waals surface area contributed by atoms with Crippen molar-refractivity contribution in [1.82, 2.24) is 24.7 Å². The normalized spacial score (nSPS) is 18.8. The minimum atomic E-state index is 0.290. The van der Waals surface area contributed by atoms with Gasteiger partial charge in [-0.15, -0.1) is 0 Å². The molecular formula is C19H24N8. The second kappa shape index (κ2) is 7.32. The molecule has 1 fully saturated rings. The first-order chi connectivity index (χ1) is 13.1. The van der Waals surface area contributed by atoms with Gasteiger partial charge in [-0.3, -0.25) is 0 Å². The van der Waals surface area contributed by atoms with Gasteiger partial charge in [0, 0.05) is 38.7 Å². The second-order valence-electron chi connectivity index (χ2n) is 7.12. The van der Waals surface area contributed by atoms with Crippen molar-refractivity contribution in [1.29, 1.82) is 0 Å². The van der Waals surface area contributed by atoms with Gasteiger partial charge in [-0.05, 0) is 24.5 Å². The summed E-state index contributed by atoms with van der Waals surface area (Å²) in [6.45, 7) is 0.629. The Morgan fingerprint density at radius 2 is 2.04 bits per heavy atom. The number of nitrogens with two attached hydrogens (primary N) is 1. The molecule has 1 aromatic carbocycles. The molecule has 3 N–H and O–H groups in total. The maximum absolute atomic E-state index is 5.96. The molecule has 1 aliphatic rings. The average Bonchev–Trinajstić information content (AvgIpc) is 3.18. The monoisotopic (exact) mass is 364 g/mol. The molecule has 2 heterocycles. The lowest BCUT2D eigenvalue weighted by molar-refractivity contribution is 0.345. The van der Waals surface area contributed by atoms with E-state index in [9.17, 15) is 0 Å².